The van der Waals surface area contributed by atoms with Crippen molar-refractivity contribution in [3.05, 3.63) is 0 Å². The average Bonchev–Trinajstić information content (AvgIpc) is 2.22. The third kappa shape index (κ3) is 2.50. The van der Waals surface area contributed by atoms with E-state index in [4.69, 9.17) is 10.5 Å². The number of hydrogen-bond donors (Lipinski definition) is 1. The Morgan fingerprint density at radius 1 is 1.47 bits per heavy atom. The van der Waals surface area contributed by atoms with Gasteiger partial charge in [0, 0.05) is 24.5 Å². The molecule has 0 aromatic heterocycles. The standard InChI is InChI=1S/C13H27N3O/c1-15(2)12(13(8-14)9-17-10-13)11-5-4-6-16(3)7-11/h11-12H,4-10,14H2,1-3H3. The van der Waals surface area contributed by atoms with Gasteiger partial charge in [0.25, 0.3) is 0 Å². The summed E-state index contributed by atoms with van der Waals surface area (Å²) in [6, 6.07) is 0.559. The van der Waals surface area contributed by atoms with Crippen molar-refractivity contribution in [3.63, 3.8) is 0 Å². The summed E-state index contributed by atoms with van der Waals surface area (Å²) in [5.74, 6) is 0.733. The molecule has 2 heterocycles. The molecule has 0 radical (unpaired) electrons. The number of ether oxygens (including phenoxy) is 1. The van der Waals surface area contributed by atoms with Crippen LogP contribution in [-0.2, 0) is 4.74 Å². The first-order chi connectivity index (χ1) is 8.09. The van der Waals surface area contributed by atoms with Gasteiger partial charge in [-0.3, -0.25) is 0 Å². The maximum Gasteiger partial charge on any atom is 0.0572 e. The van der Waals surface area contributed by atoms with Crippen LogP contribution < -0.4 is 5.73 Å². The van der Waals surface area contributed by atoms with E-state index in [1.807, 2.05) is 0 Å². The van der Waals surface area contributed by atoms with E-state index in [-0.39, 0.29) is 5.41 Å². The van der Waals surface area contributed by atoms with E-state index in [9.17, 15) is 0 Å². The minimum atomic E-state index is 0.201. The average molecular weight is 241 g/mol. The fourth-order valence-corrected chi connectivity index (χ4v) is 3.71. The van der Waals surface area contributed by atoms with Crippen molar-refractivity contribution < 1.29 is 4.74 Å². The predicted octanol–water partition coefficient (Wildman–Crippen LogP) is 0.234. The maximum absolute atomic E-state index is 6.03. The van der Waals surface area contributed by atoms with Gasteiger partial charge in [0.05, 0.1) is 13.2 Å². The number of nitrogens with two attached hydrogens (primary N) is 1. The van der Waals surface area contributed by atoms with Gasteiger partial charge in [0.15, 0.2) is 0 Å². The van der Waals surface area contributed by atoms with Gasteiger partial charge >= 0.3 is 0 Å². The minimum absolute atomic E-state index is 0.201. The third-order valence-electron chi connectivity index (χ3n) is 4.48. The zero-order chi connectivity index (χ0) is 12.5. The Balaban J connectivity index is 2.11. The van der Waals surface area contributed by atoms with Crippen LogP contribution in [0.5, 0.6) is 0 Å². The van der Waals surface area contributed by atoms with Crippen LogP contribution in [-0.4, -0.2) is 69.8 Å². The van der Waals surface area contributed by atoms with Crippen LogP contribution in [0.4, 0.5) is 0 Å². The van der Waals surface area contributed by atoms with E-state index in [2.05, 4.69) is 30.9 Å². The predicted molar refractivity (Wildman–Crippen MR) is 70.0 cm³/mol. The molecule has 2 aliphatic heterocycles. The summed E-state index contributed by atoms with van der Waals surface area (Å²) in [5.41, 5.74) is 6.23. The van der Waals surface area contributed by atoms with Gasteiger partial charge in [-0.2, -0.15) is 0 Å². The number of piperidine rings is 1. The summed E-state index contributed by atoms with van der Waals surface area (Å²) in [6.45, 7) is 4.86. The third-order valence-corrected chi connectivity index (χ3v) is 4.48. The molecular weight excluding hydrogens is 214 g/mol. The van der Waals surface area contributed by atoms with Crippen LogP contribution in [0.2, 0.25) is 0 Å². The zero-order valence-electron chi connectivity index (χ0n) is 11.5. The molecule has 2 fully saturated rings. The molecule has 4 heteroatoms. The van der Waals surface area contributed by atoms with E-state index in [1.54, 1.807) is 0 Å². The summed E-state index contributed by atoms with van der Waals surface area (Å²) in [6.07, 6.45) is 2.64. The second kappa shape index (κ2) is 5.22. The Bertz CT molecular complexity index is 248. The topological polar surface area (TPSA) is 41.7 Å². The monoisotopic (exact) mass is 241 g/mol. The van der Waals surface area contributed by atoms with Crippen LogP contribution >= 0.6 is 0 Å². The summed E-state index contributed by atoms with van der Waals surface area (Å²) in [5, 5.41) is 0. The van der Waals surface area contributed by atoms with Gasteiger partial charge in [-0.05, 0) is 46.4 Å². The van der Waals surface area contributed by atoms with Crippen molar-refractivity contribution >= 4 is 0 Å². The van der Waals surface area contributed by atoms with E-state index in [0.717, 1.165) is 25.7 Å². The van der Waals surface area contributed by atoms with Gasteiger partial charge in [0.2, 0.25) is 0 Å². The Hall–Kier alpha value is -0.160. The lowest BCUT2D eigenvalue weighted by Gasteiger charge is -2.53. The van der Waals surface area contributed by atoms with Crippen molar-refractivity contribution in [2.24, 2.45) is 17.1 Å². The van der Waals surface area contributed by atoms with Crippen molar-refractivity contribution in [1.82, 2.24) is 9.80 Å². The highest BCUT2D eigenvalue weighted by Crippen LogP contribution is 2.39. The van der Waals surface area contributed by atoms with E-state index in [0.29, 0.717) is 6.04 Å². The van der Waals surface area contributed by atoms with Crippen LogP contribution in [0, 0.1) is 11.3 Å². The molecule has 0 aliphatic carbocycles. The molecule has 0 amide bonds. The molecule has 2 rings (SSSR count). The van der Waals surface area contributed by atoms with E-state index < -0.39 is 0 Å². The van der Waals surface area contributed by atoms with Crippen LogP contribution in [0.25, 0.3) is 0 Å². The van der Waals surface area contributed by atoms with Crippen LogP contribution in [0.3, 0.4) is 0 Å². The lowest BCUT2D eigenvalue weighted by atomic mass is 9.70. The second-order valence-electron chi connectivity index (χ2n) is 6.13. The summed E-state index contributed by atoms with van der Waals surface area (Å²) in [7, 11) is 6.61. The Morgan fingerprint density at radius 3 is 2.59 bits per heavy atom. The molecule has 2 saturated heterocycles. The second-order valence-corrected chi connectivity index (χ2v) is 6.13. The SMILES string of the molecule is CN1CCCC(C(N(C)C)C2(CN)COC2)C1. The lowest BCUT2D eigenvalue weighted by Crippen LogP contribution is -2.64. The lowest BCUT2D eigenvalue weighted by molar-refractivity contribution is -0.159. The highest BCUT2D eigenvalue weighted by atomic mass is 16.5. The first-order valence-electron chi connectivity index (χ1n) is 6.72. The van der Waals surface area contributed by atoms with E-state index >= 15 is 0 Å². The molecule has 2 aliphatic rings. The van der Waals surface area contributed by atoms with Crippen molar-refractivity contribution in [1.29, 1.82) is 0 Å². The molecule has 0 aromatic rings. The molecule has 0 bridgehead atoms. The normalized spacial score (nSPS) is 31.2. The number of hydrogen-bond acceptors (Lipinski definition) is 4. The van der Waals surface area contributed by atoms with Gasteiger partial charge in [0.1, 0.15) is 0 Å². The maximum atomic E-state index is 6.03. The molecule has 0 aromatic carbocycles. The molecule has 2 N–H and O–H groups in total. The Morgan fingerprint density at radius 2 is 2.18 bits per heavy atom. The van der Waals surface area contributed by atoms with Gasteiger partial charge in [-0.1, -0.05) is 0 Å². The molecule has 0 spiro atoms. The van der Waals surface area contributed by atoms with Crippen LogP contribution in [0.1, 0.15) is 12.8 Å². The molecule has 0 saturated carbocycles. The molecular formula is C13H27N3O. The number of nitrogens with zero attached hydrogens (tertiary/aromatic N) is 2. The fourth-order valence-electron chi connectivity index (χ4n) is 3.71. The summed E-state index contributed by atoms with van der Waals surface area (Å²) >= 11 is 0. The van der Waals surface area contributed by atoms with Gasteiger partial charge < -0.3 is 20.3 Å². The summed E-state index contributed by atoms with van der Waals surface area (Å²) in [4.78, 5) is 4.83. The first-order valence-corrected chi connectivity index (χ1v) is 6.72. The molecule has 2 atom stereocenters. The Kier molecular flexibility index (Phi) is 4.08. The van der Waals surface area contributed by atoms with Gasteiger partial charge in [-0.15, -0.1) is 0 Å². The quantitative estimate of drug-likeness (QED) is 0.765. The smallest absolute Gasteiger partial charge is 0.0572 e. The zero-order valence-corrected chi connectivity index (χ0v) is 11.5. The fraction of sp³-hybridized carbons (Fsp3) is 1.00. The number of rotatable bonds is 4. The van der Waals surface area contributed by atoms with E-state index in [1.165, 1.54) is 25.9 Å². The van der Waals surface area contributed by atoms with Crippen LogP contribution in [0.15, 0.2) is 0 Å². The van der Waals surface area contributed by atoms with Crippen molar-refractivity contribution in [3.8, 4) is 0 Å². The first kappa shape index (κ1) is 13.3. The summed E-state index contributed by atoms with van der Waals surface area (Å²) < 4.78 is 5.46. The van der Waals surface area contributed by atoms with Crippen molar-refractivity contribution in [2.45, 2.75) is 18.9 Å². The molecule has 4 nitrogen and oxygen atoms in total. The van der Waals surface area contributed by atoms with Gasteiger partial charge in [-0.25, -0.2) is 0 Å². The number of likely N-dealkylation sites (tertiary alicyclic amines) is 1. The molecule has 2 unspecified atom stereocenters. The highest BCUT2D eigenvalue weighted by molar-refractivity contribution is 5.01. The minimum Gasteiger partial charge on any atom is -0.380 e. The van der Waals surface area contributed by atoms with Crippen molar-refractivity contribution in [2.75, 3.05) is 54.0 Å². The largest absolute Gasteiger partial charge is 0.380 e. The highest BCUT2D eigenvalue weighted by Gasteiger charge is 2.49. The molecule has 100 valence electrons. The molecule has 17 heavy (non-hydrogen) atoms. The Labute approximate surface area is 105 Å².